The van der Waals surface area contributed by atoms with Gasteiger partial charge in [-0.05, 0) is 18.2 Å². The van der Waals surface area contributed by atoms with Crippen molar-refractivity contribution in [2.45, 2.75) is 17.2 Å². The molecular weight excluding hydrogens is 347 g/mol. The topological polar surface area (TPSA) is 72.4 Å². The van der Waals surface area contributed by atoms with Gasteiger partial charge in [-0.2, -0.15) is 17.5 Å². The van der Waals surface area contributed by atoms with E-state index in [1.807, 2.05) is 0 Å². The van der Waals surface area contributed by atoms with Crippen LogP contribution in [0.1, 0.15) is 5.56 Å². The normalized spacial score (nSPS) is 16.6. The Bertz CT molecular complexity index is 822. The molecule has 0 aliphatic carbocycles. The highest BCUT2D eigenvalue weighted by atomic mass is 32.2. The van der Waals surface area contributed by atoms with Gasteiger partial charge in [-0.15, -0.1) is 0 Å². The summed E-state index contributed by atoms with van der Waals surface area (Å²) in [5, 5.41) is 0. The molecule has 0 spiro atoms. The monoisotopic (exact) mass is 359 g/mol. The number of nitrogens with zero attached hydrogens (tertiary/aromatic N) is 3. The number of aromatic nitrogens is 2. The number of ether oxygens (including phenoxy) is 1. The molecule has 1 saturated heterocycles. The van der Waals surface area contributed by atoms with Gasteiger partial charge in [-0.25, -0.2) is 13.4 Å². The molecule has 0 bridgehead atoms. The quantitative estimate of drug-likeness (QED) is 0.834. The van der Waals surface area contributed by atoms with E-state index in [1.54, 1.807) is 0 Å². The first-order chi connectivity index (χ1) is 11.3. The van der Waals surface area contributed by atoms with Crippen LogP contribution < -0.4 is 4.74 Å². The second kappa shape index (κ2) is 6.02. The lowest BCUT2D eigenvalue weighted by Gasteiger charge is -2.37. The summed E-state index contributed by atoms with van der Waals surface area (Å²) in [5.74, 6) is -0.187. The first-order valence-electron chi connectivity index (χ1n) is 6.87. The highest BCUT2D eigenvalue weighted by molar-refractivity contribution is 7.89. The van der Waals surface area contributed by atoms with Gasteiger partial charge in [0.25, 0.3) is 0 Å². The van der Waals surface area contributed by atoms with Crippen molar-refractivity contribution < 1.29 is 26.3 Å². The summed E-state index contributed by atoms with van der Waals surface area (Å²) >= 11 is 0. The van der Waals surface area contributed by atoms with Crippen molar-refractivity contribution in [3.05, 3.63) is 48.4 Å². The number of hydrogen-bond donors (Lipinski definition) is 0. The Balaban J connectivity index is 1.64. The van der Waals surface area contributed by atoms with Crippen LogP contribution in [-0.4, -0.2) is 41.9 Å². The first-order valence-corrected chi connectivity index (χ1v) is 8.31. The molecule has 0 atom stereocenters. The number of halogens is 3. The second-order valence-electron chi connectivity index (χ2n) is 5.13. The fourth-order valence-corrected chi connectivity index (χ4v) is 3.61. The summed E-state index contributed by atoms with van der Waals surface area (Å²) in [4.78, 5) is 7.53. The molecule has 2 aromatic rings. The van der Waals surface area contributed by atoms with Crippen molar-refractivity contribution >= 4 is 10.0 Å². The minimum atomic E-state index is -4.49. The third-order valence-corrected chi connectivity index (χ3v) is 5.25. The fourth-order valence-electron chi connectivity index (χ4n) is 2.14. The van der Waals surface area contributed by atoms with E-state index in [9.17, 15) is 21.6 Å². The Morgan fingerprint density at radius 1 is 1.21 bits per heavy atom. The maximum Gasteiger partial charge on any atom is 0.416 e. The van der Waals surface area contributed by atoms with Gasteiger partial charge >= 0.3 is 6.18 Å². The predicted molar refractivity (Wildman–Crippen MR) is 76.7 cm³/mol. The molecule has 0 unspecified atom stereocenters. The van der Waals surface area contributed by atoms with Crippen LogP contribution in [0.4, 0.5) is 13.2 Å². The highest BCUT2D eigenvalue weighted by Gasteiger charge is 2.39. The zero-order valence-electron chi connectivity index (χ0n) is 12.1. The number of sulfonamides is 1. The Hall–Kier alpha value is -2.20. The van der Waals surface area contributed by atoms with Gasteiger partial charge in [0.05, 0.1) is 18.7 Å². The van der Waals surface area contributed by atoms with Crippen molar-refractivity contribution in [3.63, 3.8) is 0 Å². The largest absolute Gasteiger partial charge is 0.472 e. The third kappa shape index (κ3) is 3.34. The Labute approximate surface area is 136 Å². The molecule has 128 valence electrons. The lowest BCUT2D eigenvalue weighted by molar-refractivity contribution is -0.137. The zero-order valence-corrected chi connectivity index (χ0v) is 13.0. The average Bonchev–Trinajstić information content (AvgIpc) is 2.50. The molecule has 10 heteroatoms. The van der Waals surface area contributed by atoms with E-state index in [1.165, 1.54) is 28.8 Å². The van der Waals surface area contributed by atoms with Gasteiger partial charge in [0.2, 0.25) is 15.9 Å². The molecule has 0 N–H and O–H groups in total. The minimum Gasteiger partial charge on any atom is -0.472 e. The molecule has 1 fully saturated rings. The van der Waals surface area contributed by atoms with Gasteiger partial charge in [0.15, 0.2) is 0 Å². The van der Waals surface area contributed by atoms with Crippen LogP contribution in [0.5, 0.6) is 5.88 Å². The van der Waals surface area contributed by atoms with Gasteiger partial charge in [-0.3, -0.25) is 4.98 Å². The maximum atomic E-state index is 12.6. The highest BCUT2D eigenvalue weighted by Crippen LogP contribution is 2.31. The summed E-state index contributed by atoms with van der Waals surface area (Å²) < 4.78 is 68.9. The summed E-state index contributed by atoms with van der Waals surface area (Å²) in [6, 6.07) is 4.56. The summed E-state index contributed by atoms with van der Waals surface area (Å²) in [5.41, 5.74) is -0.869. The van der Waals surface area contributed by atoms with Crippen LogP contribution in [0.25, 0.3) is 0 Å². The first kappa shape index (κ1) is 16.7. The van der Waals surface area contributed by atoms with Crippen molar-refractivity contribution in [1.29, 1.82) is 0 Å². The standard InChI is InChI=1S/C14H12F3N3O3S/c15-14(16,17)10-3-5-19-13(6-10)23-11-8-20(9-11)24(21,22)12-2-1-4-18-7-12/h1-7,11H,8-9H2. The summed E-state index contributed by atoms with van der Waals surface area (Å²) in [6.07, 6.45) is -1.34. The smallest absolute Gasteiger partial charge is 0.416 e. The molecular formula is C14H12F3N3O3S. The molecule has 0 amide bonds. The Morgan fingerprint density at radius 2 is 1.96 bits per heavy atom. The third-order valence-electron chi connectivity index (χ3n) is 3.44. The molecule has 1 aliphatic heterocycles. The molecule has 3 rings (SSSR count). The van der Waals surface area contributed by atoms with Gasteiger partial charge in [-0.1, -0.05) is 0 Å². The molecule has 2 aromatic heterocycles. The fraction of sp³-hybridized carbons (Fsp3) is 0.286. The number of alkyl halides is 3. The van der Waals surface area contributed by atoms with Gasteiger partial charge in [0, 0.05) is 24.7 Å². The molecule has 6 nitrogen and oxygen atoms in total. The van der Waals surface area contributed by atoms with E-state index < -0.39 is 27.9 Å². The van der Waals surface area contributed by atoms with Crippen molar-refractivity contribution in [3.8, 4) is 5.88 Å². The van der Waals surface area contributed by atoms with E-state index in [4.69, 9.17) is 4.74 Å². The summed E-state index contributed by atoms with van der Waals surface area (Å²) in [7, 11) is -3.67. The average molecular weight is 359 g/mol. The molecule has 0 aromatic carbocycles. The second-order valence-corrected chi connectivity index (χ2v) is 7.07. The van der Waals surface area contributed by atoms with Crippen LogP contribution in [0.15, 0.2) is 47.8 Å². The van der Waals surface area contributed by atoms with Crippen molar-refractivity contribution in [1.82, 2.24) is 14.3 Å². The number of pyridine rings is 2. The number of rotatable bonds is 4. The van der Waals surface area contributed by atoms with Crippen LogP contribution >= 0.6 is 0 Å². The van der Waals surface area contributed by atoms with Gasteiger partial charge < -0.3 is 4.74 Å². The molecule has 0 saturated carbocycles. The molecule has 1 aliphatic rings. The van der Waals surface area contributed by atoms with Crippen molar-refractivity contribution in [2.75, 3.05) is 13.1 Å². The molecule has 0 radical (unpaired) electrons. The molecule has 3 heterocycles. The lowest BCUT2D eigenvalue weighted by Crippen LogP contribution is -2.56. The Kier molecular flexibility index (Phi) is 4.18. The van der Waals surface area contributed by atoms with E-state index in [0.29, 0.717) is 0 Å². The SMILES string of the molecule is O=S(=O)(c1cccnc1)N1CC(Oc2cc(C(F)(F)F)ccn2)C1. The van der Waals surface area contributed by atoms with Gasteiger partial charge in [0.1, 0.15) is 11.0 Å². The van der Waals surface area contributed by atoms with E-state index in [2.05, 4.69) is 9.97 Å². The predicted octanol–water partition coefficient (Wildman–Crippen LogP) is 1.95. The maximum absolute atomic E-state index is 12.6. The van der Waals surface area contributed by atoms with Crippen LogP contribution in [0.3, 0.4) is 0 Å². The van der Waals surface area contributed by atoms with Crippen LogP contribution in [-0.2, 0) is 16.2 Å². The lowest BCUT2D eigenvalue weighted by atomic mass is 10.2. The van der Waals surface area contributed by atoms with E-state index >= 15 is 0 Å². The zero-order chi connectivity index (χ0) is 17.4. The van der Waals surface area contributed by atoms with Crippen LogP contribution in [0.2, 0.25) is 0 Å². The summed E-state index contributed by atoms with van der Waals surface area (Å²) in [6.45, 7) is 0.0737. The van der Waals surface area contributed by atoms with Crippen molar-refractivity contribution in [2.24, 2.45) is 0 Å². The number of hydrogen-bond acceptors (Lipinski definition) is 5. The van der Waals surface area contributed by atoms with Crippen LogP contribution in [0, 0.1) is 0 Å². The Morgan fingerprint density at radius 3 is 2.58 bits per heavy atom. The molecule has 24 heavy (non-hydrogen) atoms. The van der Waals surface area contributed by atoms with E-state index in [0.717, 1.165) is 18.3 Å². The van der Waals surface area contributed by atoms with E-state index in [-0.39, 0.29) is 23.9 Å². The minimum absolute atomic E-state index is 0.0369.